The summed E-state index contributed by atoms with van der Waals surface area (Å²) in [7, 11) is 0. The third-order valence-corrected chi connectivity index (χ3v) is 20.8. The Morgan fingerprint density at radius 1 is 0.422 bits per heavy atom. The van der Waals surface area contributed by atoms with Gasteiger partial charge in [0, 0.05) is 0 Å². The second-order valence-electron chi connectivity index (χ2n) is 16.7. The fourth-order valence-electron chi connectivity index (χ4n) is 10.5. The normalized spacial score (nSPS) is 13.7. The Bertz CT molecular complexity index is 2720. The molecule has 2 aliphatic carbocycles. The van der Waals surface area contributed by atoms with Gasteiger partial charge in [0.05, 0.1) is 0 Å². The van der Waals surface area contributed by atoms with Gasteiger partial charge >= 0.3 is 378 Å². The molecule has 0 saturated heterocycles. The van der Waals surface area contributed by atoms with E-state index in [0.717, 1.165) is 22.3 Å². The van der Waals surface area contributed by atoms with Gasteiger partial charge in [0.15, 0.2) is 0 Å². The Hall–Kier alpha value is -7.24. The minimum atomic E-state index is -6.43. The van der Waals surface area contributed by atoms with Crippen molar-refractivity contribution in [1.82, 2.24) is 0 Å². The first-order chi connectivity index (χ1) is 31.4. The number of hydrogen-bond donors (Lipinski definition) is 0. The van der Waals surface area contributed by atoms with Crippen molar-refractivity contribution in [1.29, 1.82) is 0 Å². The number of rotatable bonds is 12. The van der Waals surface area contributed by atoms with Crippen LogP contribution in [0, 0.1) is 0 Å². The van der Waals surface area contributed by atoms with Crippen LogP contribution < -0.4 is 0 Å². The minimum absolute atomic E-state index is 0.381. The quantitative estimate of drug-likeness (QED) is 0.0907. The van der Waals surface area contributed by atoms with Gasteiger partial charge in [-0.3, -0.25) is 0 Å². The van der Waals surface area contributed by atoms with Gasteiger partial charge in [-0.15, -0.1) is 0 Å². The number of allylic oxidation sites excluding steroid dienone is 4. The molecule has 310 valence electrons. The van der Waals surface area contributed by atoms with Gasteiger partial charge in [0.1, 0.15) is 0 Å². The zero-order valence-corrected chi connectivity index (χ0v) is 36.9. The molecule has 0 aliphatic heterocycles. The molecule has 8 aromatic rings. The molecule has 0 saturated carbocycles. The number of carbonyl (C=O) groups is 2. The van der Waals surface area contributed by atoms with E-state index in [2.05, 4.69) is 24.3 Å². The molecule has 0 radical (unpaired) electrons. The van der Waals surface area contributed by atoms with Crippen molar-refractivity contribution in [2.75, 3.05) is 0 Å². The summed E-state index contributed by atoms with van der Waals surface area (Å²) in [5.41, 5.74) is 5.01. The summed E-state index contributed by atoms with van der Waals surface area (Å²) in [6.07, 6.45) is 6.37. The van der Waals surface area contributed by atoms with Gasteiger partial charge in [-0.2, -0.15) is 0 Å². The maximum atomic E-state index is 16.8. The van der Waals surface area contributed by atoms with Crippen LogP contribution in [0.2, 0.25) is 0 Å². The van der Waals surface area contributed by atoms with Crippen molar-refractivity contribution in [3.05, 3.63) is 297 Å². The molecule has 4 nitrogen and oxygen atoms in total. The Labute approximate surface area is 376 Å². The van der Waals surface area contributed by atoms with Crippen molar-refractivity contribution in [3.63, 3.8) is 0 Å². The zero-order chi connectivity index (χ0) is 43.6. The van der Waals surface area contributed by atoms with Crippen molar-refractivity contribution in [2.24, 2.45) is 0 Å². The molecule has 64 heavy (non-hydrogen) atoms. The molecular weight excluding hydrogens is 821 g/mol. The monoisotopic (exact) mass is 866 g/mol. The van der Waals surface area contributed by atoms with Crippen LogP contribution in [-0.2, 0) is 42.7 Å². The predicted octanol–water partition coefficient (Wildman–Crippen LogP) is 12.7. The molecule has 0 heterocycles. The van der Waals surface area contributed by atoms with E-state index in [1.54, 1.807) is 0 Å². The summed E-state index contributed by atoms with van der Waals surface area (Å²) >= 11 is -6.43. The van der Waals surface area contributed by atoms with E-state index in [1.165, 1.54) is 0 Å². The molecule has 0 spiro atoms. The Balaban J connectivity index is 1.31. The first kappa shape index (κ1) is 40.8. The molecular formula is C59H46O4Ti. The number of hydrogen-bond acceptors (Lipinski definition) is 4. The molecule has 2 aliphatic rings. The first-order valence-electron chi connectivity index (χ1n) is 21.8. The summed E-state index contributed by atoms with van der Waals surface area (Å²) in [4.78, 5) is 39.0. The van der Waals surface area contributed by atoms with E-state index in [1.807, 2.05) is 224 Å². The summed E-state index contributed by atoms with van der Waals surface area (Å²) in [5.74, 6) is -1.15. The molecule has 5 heteroatoms. The summed E-state index contributed by atoms with van der Waals surface area (Å²) in [6, 6.07) is 75.1. The Morgan fingerprint density at radius 3 is 0.984 bits per heavy atom. The fraction of sp³-hybridized carbons (Fsp3) is 0.0678. The third-order valence-electron chi connectivity index (χ3n) is 13.3. The van der Waals surface area contributed by atoms with Crippen molar-refractivity contribution in [2.45, 2.75) is 21.5 Å². The number of benzene rings is 8. The average Bonchev–Trinajstić information content (AvgIpc) is 4.03. The van der Waals surface area contributed by atoms with Crippen LogP contribution in [0.1, 0.15) is 55.2 Å². The van der Waals surface area contributed by atoms with Crippen LogP contribution in [0.15, 0.2) is 253 Å². The third kappa shape index (κ3) is 6.36. The summed E-state index contributed by atoms with van der Waals surface area (Å²) in [5, 5.41) is 0. The zero-order valence-electron chi connectivity index (χ0n) is 35.3. The van der Waals surface area contributed by atoms with E-state index < -0.39 is 42.6 Å². The van der Waals surface area contributed by atoms with Gasteiger partial charge < -0.3 is 0 Å². The molecule has 0 amide bonds. The van der Waals surface area contributed by atoms with E-state index in [-0.39, 0.29) is 0 Å². The van der Waals surface area contributed by atoms with E-state index >= 15 is 9.59 Å². The molecule has 0 fully saturated rings. The molecule has 0 N–H and O–H groups in total. The molecule has 10 rings (SSSR count). The summed E-state index contributed by atoms with van der Waals surface area (Å²) in [6.45, 7) is 0. The number of carbonyl (C=O) groups excluding carboxylic acids is 2. The van der Waals surface area contributed by atoms with Crippen LogP contribution in [0.5, 0.6) is 0 Å². The summed E-state index contributed by atoms with van der Waals surface area (Å²) < 4.78 is 15.6. The van der Waals surface area contributed by atoms with Crippen molar-refractivity contribution in [3.8, 4) is 11.1 Å². The number of fused-ring (bicyclic) bond motifs is 3. The van der Waals surface area contributed by atoms with Gasteiger partial charge in [-0.1, -0.05) is 0 Å². The van der Waals surface area contributed by atoms with Crippen molar-refractivity contribution >= 4 is 16.8 Å². The van der Waals surface area contributed by atoms with Gasteiger partial charge in [-0.05, 0) is 0 Å². The fourth-order valence-corrected chi connectivity index (χ4v) is 17.9. The first-order valence-corrected chi connectivity index (χ1v) is 25.8. The van der Waals surface area contributed by atoms with E-state index in [0.29, 0.717) is 43.7 Å². The maximum absolute atomic E-state index is 16.8. The van der Waals surface area contributed by atoms with Gasteiger partial charge in [-0.25, -0.2) is 0 Å². The van der Waals surface area contributed by atoms with E-state index in [4.69, 9.17) is 11.5 Å². The second kappa shape index (κ2) is 16.5. The Morgan fingerprint density at radius 2 is 0.703 bits per heavy atom. The van der Waals surface area contributed by atoms with Gasteiger partial charge in [0.2, 0.25) is 0 Å². The predicted molar refractivity (Wildman–Crippen MR) is 253 cm³/mol. The van der Waals surface area contributed by atoms with Gasteiger partial charge in [0.25, 0.3) is 0 Å². The molecule has 0 aromatic heterocycles. The molecule has 0 unspecified atom stereocenters. The molecule has 0 atom stereocenters. The van der Waals surface area contributed by atoms with Crippen LogP contribution in [0.25, 0.3) is 11.1 Å². The average molecular weight is 867 g/mol. The standard InChI is InChI=1S/2C20H16O2.C13H9.C5H5.CH2.Ti/c2*21-19(22)20(16-10-4-1-5-11-16,17-12-6-2-7-13-17)18-14-8-3-9-15-18;1-3-7-12-10(5-1)9-11-6-2-4-8-13(11)12;1-2-4-5-3-1;;/h2*1-15H,(H,21,22);1-9H;1-3H,4H2;1H2;/q;;;;;+2/p-2. The topological polar surface area (TPSA) is 52.6 Å². The Kier molecular flexibility index (Phi) is 10.5. The van der Waals surface area contributed by atoms with Crippen LogP contribution in [-0.4, -0.2) is 16.8 Å². The van der Waals surface area contributed by atoms with Crippen LogP contribution in [0.3, 0.4) is 0 Å². The van der Waals surface area contributed by atoms with Crippen molar-refractivity contribution < 1.29 is 31.8 Å². The molecule has 0 bridgehead atoms. The van der Waals surface area contributed by atoms with E-state index in [9.17, 15) is 0 Å². The SMILES string of the molecule is [CH2]=[Ti]([O]C(=O)C(c1ccccc1)(c1ccccc1)c1ccccc1)([O]C(=O)C(c1ccccc1)(c1ccccc1)c1ccccc1)([C]1=CC=CC1)[CH]1c2ccccc2-c2ccccc21. The van der Waals surface area contributed by atoms with Crippen LogP contribution >= 0.6 is 0 Å². The second-order valence-corrected chi connectivity index (χ2v) is 23.5. The molecule has 8 aromatic carbocycles. The van der Waals surface area contributed by atoms with Crippen LogP contribution in [0.4, 0.5) is 0 Å².